The van der Waals surface area contributed by atoms with Crippen LogP contribution in [-0.4, -0.2) is 94.6 Å². The number of carbonyl (C=O) groups excluding carboxylic acids is 2. The van der Waals surface area contributed by atoms with Gasteiger partial charge in [-0.15, -0.1) is 0 Å². The van der Waals surface area contributed by atoms with Crippen LogP contribution in [0.1, 0.15) is 0 Å². The third-order valence-electron chi connectivity index (χ3n) is 4.13. The number of carboxylic acid groups (broad SMARTS) is 2. The summed E-state index contributed by atoms with van der Waals surface area (Å²) in [6.45, 7) is -1.16. The number of hydrogen-bond acceptors (Lipinski definition) is 8. The molecule has 0 bridgehead atoms. The molecule has 0 saturated carbocycles. The van der Waals surface area contributed by atoms with Gasteiger partial charge in [0, 0.05) is 0 Å². The molecule has 6 unspecified atom stereocenters. The molecule has 4 aliphatic rings. The lowest BCUT2D eigenvalue weighted by Gasteiger charge is -2.23. The summed E-state index contributed by atoms with van der Waals surface area (Å²) in [5, 5.41) is 22.6. The van der Waals surface area contributed by atoms with Crippen molar-refractivity contribution >= 4 is 24.0 Å². The number of hydrogen-bond donors (Lipinski definition) is 4. The molecule has 0 aromatic carbocycles. The lowest BCUT2D eigenvalue weighted by molar-refractivity contribution is -0.235. The van der Waals surface area contributed by atoms with Crippen LogP contribution in [0.5, 0.6) is 0 Å². The van der Waals surface area contributed by atoms with Gasteiger partial charge in [0.2, 0.25) is 12.6 Å². The molecule has 4 heterocycles. The molecule has 14 nitrogen and oxygen atoms in total. The smallest absolute Gasteiger partial charge is 0.323 e. The SMILES string of the molecule is O=C(O)CN1C(=O)NC2OC(C3OC4NC(=O)N(CC(=O)O)C4O3)OC21. The minimum atomic E-state index is -1.22. The zero-order valence-electron chi connectivity index (χ0n) is 12.9. The molecule has 0 spiro atoms. The summed E-state index contributed by atoms with van der Waals surface area (Å²) in [6.07, 6.45) is -6.03. The monoisotopic (exact) mass is 374 g/mol. The van der Waals surface area contributed by atoms with E-state index in [1.807, 2.05) is 0 Å². The molecule has 4 aliphatic heterocycles. The lowest BCUT2D eigenvalue weighted by atomic mass is 10.4. The Hall–Kier alpha value is -2.68. The van der Waals surface area contributed by atoms with Crippen molar-refractivity contribution in [2.75, 3.05) is 13.1 Å². The van der Waals surface area contributed by atoms with Crippen LogP contribution in [0.3, 0.4) is 0 Å². The first-order valence-corrected chi connectivity index (χ1v) is 7.53. The molecule has 4 amide bonds. The highest BCUT2D eigenvalue weighted by Gasteiger charge is 2.57. The zero-order valence-corrected chi connectivity index (χ0v) is 12.9. The van der Waals surface area contributed by atoms with E-state index in [-0.39, 0.29) is 0 Å². The van der Waals surface area contributed by atoms with Crippen LogP contribution >= 0.6 is 0 Å². The number of aliphatic carboxylic acids is 2. The third kappa shape index (κ3) is 2.68. The number of amides is 4. The van der Waals surface area contributed by atoms with Gasteiger partial charge < -0.3 is 39.8 Å². The van der Waals surface area contributed by atoms with Crippen molar-refractivity contribution in [2.24, 2.45) is 0 Å². The molecular formula is C12H14N4O10. The Labute approximate surface area is 144 Å². The third-order valence-corrected chi connectivity index (χ3v) is 4.13. The Balaban J connectivity index is 1.40. The predicted molar refractivity (Wildman–Crippen MR) is 72.8 cm³/mol. The van der Waals surface area contributed by atoms with Gasteiger partial charge in [0.25, 0.3) is 0 Å². The van der Waals surface area contributed by atoms with Crippen LogP contribution in [0.15, 0.2) is 0 Å². The second-order valence-corrected chi connectivity index (χ2v) is 5.85. The van der Waals surface area contributed by atoms with Gasteiger partial charge in [-0.2, -0.15) is 0 Å². The fourth-order valence-electron chi connectivity index (χ4n) is 3.10. The summed E-state index contributed by atoms with van der Waals surface area (Å²) in [4.78, 5) is 47.0. The van der Waals surface area contributed by atoms with Crippen molar-refractivity contribution < 1.29 is 48.3 Å². The summed E-state index contributed by atoms with van der Waals surface area (Å²) >= 11 is 0. The number of nitrogens with zero attached hydrogens (tertiary/aromatic N) is 2. The number of urea groups is 2. The molecule has 4 rings (SSSR count). The maximum Gasteiger partial charge on any atom is 0.323 e. The lowest BCUT2D eigenvalue weighted by Crippen LogP contribution is -2.43. The van der Waals surface area contributed by atoms with Gasteiger partial charge in [-0.3, -0.25) is 19.4 Å². The van der Waals surface area contributed by atoms with Gasteiger partial charge in [0.05, 0.1) is 0 Å². The number of fused-ring (bicyclic) bond motifs is 2. The summed E-state index contributed by atoms with van der Waals surface area (Å²) in [5.74, 6) is -2.44. The highest BCUT2D eigenvalue weighted by atomic mass is 16.8. The van der Waals surface area contributed by atoms with Crippen LogP contribution in [0.2, 0.25) is 0 Å². The van der Waals surface area contributed by atoms with E-state index in [0.29, 0.717) is 0 Å². The molecule has 26 heavy (non-hydrogen) atoms. The Bertz CT molecular complexity index is 616. The number of carboxylic acids is 2. The fraction of sp³-hybridized carbons (Fsp3) is 0.667. The second kappa shape index (κ2) is 5.94. The Morgan fingerprint density at radius 1 is 0.808 bits per heavy atom. The maximum absolute atomic E-state index is 11.7. The second-order valence-electron chi connectivity index (χ2n) is 5.85. The minimum absolute atomic E-state index is 0.580. The van der Waals surface area contributed by atoms with Crippen LogP contribution in [-0.2, 0) is 28.5 Å². The van der Waals surface area contributed by atoms with E-state index in [9.17, 15) is 19.2 Å². The first-order valence-electron chi connectivity index (χ1n) is 7.53. The highest BCUT2D eigenvalue weighted by Crippen LogP contribution is 2.34. The van der Waals surface area contributed by atoms with E-state index in [1.54, 1.807) is 0 Å². The van der Waals surface area contributed by atoms with Crippen molar-refractivity contribution in [3.8, 4) is 0 Å². The van der Waals surface area contributed by atoms with Crippen LogP contribution < -0.4 is 10.6 Å². The molecule has 4 N–H and O–H groups in total. The molecule has 0 aromatic rings. The maximum atomic E-state index is 11.7. The zero-order chi connectivity index (χ0) is 18.6. The van der Waals surface area contributed by atoms with Gasteiger partial charge in [-0.1, -0.05) is 0 Å². The first kappa shape index (κ1) is 16.8. The van der Waals surface area contributed by atoms with Gasteiger partial charge in [-0.25, -0.2) is 9.59 Å². The molecule has 0 aliphatic carbocycles. The molecule has 14 heteroatoms. The van der Waals surface area contributed by atoms with E-state index < -0.39 is 74.6 Å². The summed E-state index contributed by atoms with van der Waals surface area (Å²) in [5.41, 5.74) is 0. The average Bonchev–Trinajstić information content (AvgIpc) is 3.24. The van der Waals surface area contributed by atoms with Crippen molar-refractivity contribution in [2.45, 2.75) is 37.5 Å². The minimum Gasteiger partial charge on any atom is -0.480 e. The molecule has 142 valence electrons. The quantitative estimate of drug-likeness (QED) is 0.395. The molecule has 0 aromatic heterocycles. The first-order chi connectivity index (χ1) is 12.3. The highest BCUT2D eigenvalue weighted by molar-refractivity contribution is 5.83. The van der Waals surface area contributed by atoms with Crippen molar-refractivity contribution in [3.05, 3.63) is 0 Å². The number of carbonyl (C=O) groups is 4. The van der Waals surface area contributed by atoms with E-state index in [1.165, 1.54) is 0 Å². The molecule has 6 atom stereocenters. The largest absolute Gasteiger partial charge is 0.480 e. The van der Waals surface area contributed by atoms with Crippen LogP contribution in [0, 0.1) is 0 Å². The van der Waals surface area contributed by atoms with Crippen molar-refractivity contribution in [1.29, 1.82) is 0 Å². The number of ether oxygens (including phenoxy) is 4. The Kier molecular flexibility index (Phi) is 3.83. The van der Waals surface area contributed by atoms with Gasteiger partial charge in [0.1, 0.15) is 13.1 Å². The summed E-state index contributed by atoms with van der Waals surface area (Å²) < 4.78 is 22.0. The van der Waals surface area contributed by atoms with E-state index in [0.717, 1.165) is 9.80 Å². The molecular weight excluding hydrogens is 360 g/mol. The predicted octanol–water partition coefficient (Wildman–Crippen LogP) is -2.74. The van der Waals surface area contributed by atoms with Crippen molar-refractivity contribution in [3.63, 3.8) is 0 Å². The number of rotatable bonds is 5. The van der Waals surface area contributed by atoms with Gasteiger partial charge in [-0.05, 0) is 0 Å². The topological polar surface area (TPSA) is 176 Å². The van der Waals surface area contributed by atoms with Crippen LogP contribution in [0.4, 0.5) is 9.59 Å². The standard InChI is InChI=1S/C12H14N4O10/c17-3(18)1-15-7-5(13-11(15)21)23-9(25-7)10-24-6-8(26-10)16(2-4(19)20)12(22)14-6/h5-10H,1-2H2,(H,13,21)(H,14,22)(H,17,18)(H,19,20). The molecule has 4 saturated heterocycles. The Morgan fingerprint density at radius 2 is 1.19 bits per heavy atom. The van der Waals surface area contributed by atoms with Crippen LogP contribution in [0.25, 0.3) is 0 Å². The normalized spacial score (nSPS) is 38.2. The van der Waals surface area contributed by atoms with E-state index in [4.69, 9.17) is 29.2 Å². The molecule has 0 radical (unpaired) electrons. The van der Waals surface area contributed by atoms with Gasteiger partial charge in [0.15, 0.2) is 24.9 Å². The fourth-order valence-corrected chi connectivity index (χ4v) is 3.10. The Morgan fingerprint density at radius 3 is 1.54 bits per heavy atom. The van der Waals surface area contributed by atoms with Gasteiger partial charge >= 0.3 is 24.0 Å². The number of nitrogens with one attached hydrogen (secondary N) is 2. The van der Waals surface area contributed by atoms with E-state index in [2.05, 4.69) is 10.6 Å². The average molecular weight is 374 g/mol. The summed E-state index contributed by atoms with van der Waals surface area (Å²) in [6, 6.07) is -1.29. The molecule has 4 fully saturated rings. The van der Waals surface area contributed by atoms with E-state index >= 15 is 0 Å². The van der Waals surface area contributed by atoms with Crippen molar-refractivity contribution in [1.82, 2.24) is 20.4 Å². The summed E-state index contributed by atoms with van der Waals surface area (Å²) in [7, 11) is 0.